The highest BCUT2D eigenvalue weighted by Crippen LogP contribution is 2.17. The molecule has 2 heterocycles. The molecule has 0 aliphatic rings. The van der Waals surface area contributed by atoms with Crippen molar-refractivity contribution in [3.8, 4) is 5.69 Å². The van der Waals surface area contributed by atoms with Crippen molar-refractivity contribution in [1.29, 1.82) is 0 Å². The first-order valence-corrected chi connectivity index (χ1v) is 6.83. The molecule has 3 aromatic rings. The molecule has 0 aliphatic heterocycles. The summed E-state index contributed by atoms with van der Waals surface area (Å²) in [6.45, 7) is 1.80. The highest BCUT2D eigenvalue weighted by molar-refractivity contribution is 5.89. The number of nitrogens with zero attached hydrogens (tertiary/aromatic N) is 4. The lowest BCUT2D eigenvalue weighted by atomic mass is 10.2. The zero-order chi connectivity index (χ0) is 15.4. The lowest BCUT2D eigenvalue weighted by Crippen LogP contribution is -2.10. The molecule has 0 amide bonds. The maximum Gasteiger partial charge on any atom is 0.338 e. The smallest absolute Gasteiger partial charge is 0.338 e. The van der Waals surface area contributed by atoms with E-state index in [9.17, 15) is 4.79 Å². The minimum absolute atomic E-state index is 0.386. The maximum atomic E-state index is 12.1. The summed E-state index contributed by atoms with van der Waals surface area (Å²) in [5.41, 5.74) is 2.02. The topological polar surface area (TPSA) is 69.9 Å². The highest BCUT2D eigenvalue weighted by Gasteiger charge is 2.14. The predicted octanol–water partition coefficient (Wildman–Crippen LogP) is 2.58. The maximum absolute atomic E-state index is 12.1. The van der Waals surface area contributed by atoms with Crippen molar-refractivity contribution in [3.05, 3.63) is 72.3 Å². The molecule has 1 unspecified atom stereocenters. The molecule has 0 radical (unpaired) electrons. The van der Waals surface area contributed by atoms with E-state index in [1.165, 1.54) is 0 Å². The Kier molecular flexibility index (Phi) is 3.91. The van der Waals surface area contributed by atoms with Crippen LogP contribution in [0.15, 0.2) is 61.1 Å². The van der Waals surface area contributed by atoms with Gasteiger partial charge in [-0.1, -0.05) is 11.3 Å². The van der Waals surface area contributed by atoms with Crippen LogP contribution >= 0.6 is 0 Å². The summed E-state index contributed by atoms with van der Waals surface area (Å²) >= 11 is 0. The Hall–Kier alpha value is -3.02. The van der Waals surface area contributed by atoms with Gasteiger partial charge in [0.05, 0.1) is 29.3 Å². The summed E-state index contributed by atoms with van der Waals surface area (Å²) in [4.78, 5) is 16.3. The van der Waals surface area contributed by atoms with E-state index < -0.39 is 6.10 Å². The van der Waals surface area contributed by atoms with Crippen molar-refractivity contribution >= 4 is 5.97 Å². The fraction of sp³-hybridized carbons (Fsp3) is 0.125. The first-order chi connectivity index (χ1) is 10.7. The second kappa shape index (κ2) is 6.17. The molecule has 110 valence electrons. The third-order valence-corrected chi connectivity index (χ3v) is 3.18. The van der Waals surface area contributed by atoms with Gasteiger partial charge in [0.15, 0.2) is 0 Å². The Morgan fingerprint density at radius 3 is 2.59 bits per heavy atom. The molecule has 0 saturated carbocycles. The SMILES string of the molecule is CC(OC(=O)c1ccc(-n2ccnn2)cc1)c1ccccn1. The van der Waals surface area contributed by atoms with Gasteiger partial charge in [0.2, 0.25) is 0 Å². The van der Waals surface area contributed by atoms with Crippen molar-refractivity contribution in [2.75, 3.05) is 0 Å². The molecule has 0 N–H and O–H groups in total. The average molecular weight is 294 g/mol. The predicted molar refractivity (Wildman–Crippen MR) is 79.4 cm³/mol. The fourth-order valence-electron chi connectivity index (χ4n) is 2.00. The standard InChI is InChI=1S/C16H14N4O2/c1-12(15-4-2-3-9-17-15)22-16(21)13-5-7-14(8-6-13)20-11-10-18-19-20/h2-12H,1H3. The first kappa shape index (κ1) is 13.9. The fourth-order valence-corrected chi connectivity index (χ4v) is 2.00. The molecular formula is C16H14N4O2. The van der Waals surface area contributed by atoms with Gasteiger partial charge in [-0.3, -0.25) is 4.98 Å². The molecule has 22 heavy (non-hydrogen) atoms. The number of rotatable bonds is 4. The summed E-state index contributed by atoms with van der Waals surface area (Å²) < 4.78 is 7.03. The summed E-state index contributed by atoms with van der Waals surface area (Å²) in [7, 11) is 0. The van der Waals surface area contributed by atoms with Crippen LogP contribution in [0.2, 0.25) is 0 Å². The molecule has 0 fully saturated rings. The van der Waals surface area contributed by atoms with E-state index in [0.29, 0.717) is 5.56 Å². The summed E-state index contributed by atoms with van der Waals surface area (Å²) in [5, 5.41) is 7.63. The van der Waals surface area contributed by atoms with Gasteiger partial charge >= 0.3 is 5.97 Å². The highest BCUT2D eigenvalue weighted by atomic mass is 16.5. The van der Waals surface area contributed by atoms with Crippen molar-refractivity contribution in [3.63, 3.8) is 0 Å². The van der Waals surface area contributed by atoms with Gasteiger partial charge in [0.25, 0.3) is 0 Å². The van der Waals surface area contributed by atoms with Gasteiger partial charge in [0.1, 0.15) is 6.10 Å². The molecule has 1 aromatic carbocycles. The zero-order valence-corrected chi connectivity index (χ0v) is 12.0. The van der Waals surface area contributed by atoms with E-state index in [1.54, 1.807) is 54.5 Å². The van der Waals surface area contributed by atoms with Crippen LogP contribution < -0.4 is 0 Å². The van der Waals surface area contributed by atoms with Crippen LogP contribution in [0.5, 0.6) is 0 Å². The number of pyridine rings is 1. The van der Waals surface area contributed by atoms with E-state index in [4.69, 9.17) is 4.74 Å². The van der Waals surface area contributed by atoms with E-state index in [2.05, 4.69) is 15.3 Å². The number of carbonyl (C=O) groups is 1. The van der Waals surface area contributed by atoms with Gasteiger partial charge in [-0.15, -0.1) is 5.10 Å². The molecule has 6 nitrogen and oxygen atoms in total. The van der Waals surface area contributed by atoms with Crippen LogP contribution in [0.1, 0.15) is 29.1 Å². The molecular weight excluding hydrogens is 280 g/mol. The third-order valence-electron chi connectivity index (χ3n) is 3.18. The number of hydrogen-bond donors (Lipinski definition) is 0. The number of benzene rings is 1. The molecule has 0 saturated heterocycles. The summed E-state index contributed by atoms with van der Waals surface area (Å²) in [6, 6.07) is 12.5. The number of esters is 1. The van der Waals surface area contributed by atoms with E-state index in [1.807, 2.05) is 18.2 Å². The van der Waals surface area contributed by atoms with Crippen LogP contribution in [0.25, 0.3) is 5.69 Å². The molecule has 0 aliphatic carbocycles. The van der Waals surface area contributed by atoms with Gasteiger partial charge in [0, 0.05) is 6.20 Å². The number of carbonyl (C=O) groups excluding carboxylic acids is 1. The molecule has 2 aromatic heterocycles. The number of hydrogen-bond acceptors (Lipinski definition) is 5. The normalized spacial score (nSPS) is 11.9. The molecule has 1 atom stereocenters. The van der Waals surface area contributed by atoms with Crippen molar-refractivity contribution in [1.82, 2.24) is 20.0 Å². The third kappa shape index (κ3) is 3.01. The molecule has 6 heteroatoms. The second-order valence-corrected chi connectivity index (χ2v) is 4.70. The van der Waals surface area contributed by atoms with Gasteiger partial charge in [-0.25, -0.2) is 9.48 Å². The Balaban J connectivity index is 1.70. The second-order valence-electron chi connectivity index (χ2n) is 4.70. The van der Waals surface area contributed by atoms with Crippen LogP contribution in [0.4, 0.5) is 0 Å². The zero-order valence-electron chi connectivity index (χ0n) is 12.0. The quantitative estimate of drug-likeness (QED) is 0.692. The molecule has 0 bridgehead atoms. The minimum atomic E-state index is -0.399. The van der Waals surface area contributed by atoms with Gasteiger partial charge < -0.3 is 4.74 Å². The van der Waals surface area contributed by atoms with Gasteiger partial charge in [-0.05, 0) is 43.3 Å². The van der Waals surface area contributed by atoms with Crippen LogP contribution in [0, 0.1) is 0 Å². The van der Waals surface area contributed by atoms with E-state index in [-0.39, 0.29) is 5.97 Å². The largest absolute Gasteiger partial charge is 0.453 e. The number of ether oxygens (including phenoxy) is 1. The van der Waals surface area contributed by atoms with Crippen molar-refractivity contribution in [2.45, 2.75) is 13.0 Å². The van der Waals surface area contributed by atoms with Crippen LogP contribution in [0.3, 0.4) is 0 Å². The lowest BCUT2D eigenvalue weighted by Gasteiger charge is -2.12. The minimum Gasteiger partial charge on any atom is -0.453 e. The monoisotopic (exact) mass is 294 g/mol. The van der Waals surface area contributed by atoms with E-state index in [0.717, 1.165) is 11.4 Å². The first-order valence-electron chi connectivity index (χ1n) is 6.83. The Morgan fingerprint density at radius 1 is 1.14 bits per heavy atom. The van der Waals surface area contributed by atoms with E-state index >= 15 is 0 Å². The number of aromatic nitrogens is 4. The Bertz CT molecular complexity index is 740. The van der Waals surface area contributed by atoms with Crippen LogP contribution in [-0.4, -0.2) is 25.9 Å². The lowest BCUT2D eigenvalue weighted by molar-refractivity contribution is 0.0329. The van der Waals surface area contributed by atoms with Crippen molar-refractivity contribution < 1.29 is 9.53 Å². The Labute approximate surface area is 127 Å². The average Bonchev–Trinajstić information content (AvgIpc) is 3.10. The Morgan fingerprint density at radius 2 is 1.95 bits per heavy atom. The molecule has 3 rings (SSSR count). The molecule has 0 spiro atoms. The summed E-state index contributed by atoms with van der Waals surface area (Å²) in [6.07, 6.45) is 4.60. The van der Waals surface area contributed by atoms with Crippen LogP contribution in [-0.2, 0) is 4.74 Å². The van der Waals surface area contributed by atoms with Crippen molar-refractivity contribution in [2.24, 2.45) is 0 Å². The summed E-state index contributed by atoms with van der Waals surface area (Å²) in [5.74, 6) is -0.386. The van der Waals surface area contributed by atoms with Gasteiger partial charge in [-0.2, -0.15) is 0 Å².